The van der Waals surface area contributed by atoms with E-state index in [-0.39, 0.29) is 5.91 Å². The molecule has 0 bridgehead atoms. The molecular formula is C26H27N3O3. The van der Waals surface area contributed by atoms with Crippen molar-refractivity contribution in [3.63, 3.8) is 0 Å². The largest absolute Gasteiger partial charge is 0.496 e. The molecule has 6 heteroatoms. The highest BCUT2D eigenvalue weighted by Gasteiger charge is 2.09. The molecule has 164 valence electrons. The molecule has 0 saturated carbocycles. The second-order valence-corrected chi connectivity index (χ2v) is 7.79. The summed E-state index contributed by atoms with van der Waals surface area (Å²) in [6, 6.07) is 17.3. The molecule has 4 aromatic rings. The molecule has 2 heterocycles. The molecule has 0 unspecified atom stereocenters. The van der Waals surface area contributed by atoms with Gasteiger partial charge in [0, 0.05) is 24.5 Å². The maximum atomic E-state index is 12.6. The van der Waals surface area contributed by atoms with Gasteiger partial charge in [0.2, 0.25) is 0 Å². The number of hydrogen-bond donors (Lipinski definition) is 1. The van der Waals surface area contributed by atoms with E-state index in [0.29, 0.717) is 30.9 Å². The molecule has 2 aromatic heterocycles. The normalized spacial score (nSPS) is 10.8. The second-order valence-electron chi connectivity index (χ2n) is 7.79. The number of pyridine rings is 1. The Kier molecular flexibility index (Phi) is 6.40. The van der Waals surface area contributed by atoms with Crippen molar-refractivity contribution in [1.29, 1.82) is 0 Å². The first kappa shape index (κ1) is 21.4. The number of nitrogens with zero attached hydrogens (tertiary/aromatic N) is 2. The van der Waals surface area contributed by atoms with E-state index in [0.717, 1.165) is 33.8 Å². The van der Waals surface area contributed by atoms with Crippen LogP contribution in [0.25, 0.3) is 5.65 Å². The lowest BCUT2D eigenvalue weighted by molar-refractivity contribution is 0.0953. The number of rotatable bonds is 8. The molecule has 2 aromatic carbocycles. The van der Waals surface area contributed by atoms with Gasteiger partial charge >= 0.3 is 0 Å². The molecule has 6 nitrogen and oxygen atoms in total. The minimum Gasteiger partial charge on any atom is -0.496 e. The number of ether oxygens (including phenoxy) is 2. The van der Waals surface area contributed by atoms with E-state index >= 15 is 0 Å². The van der Waals surface area contributed by atoms with Crippen molar-refractivity contribution in [2.24, 2.45) is 0 Å². The molecule has 0 fully saturated rings. The summed E-state index contributed by atoms with van der Waals surface area (Å²) in [5.41, 5.74) is 5.67. The van der Waals surface area contributed by atoms with Crippen molar-refractivity contribution in [2.45, 2.75) is 26.9 Å². The molecular weight excluding hydrogens is 402 g/mol. The predicted molar refractivity (Wildman–Crippen MR) is 124 cm³/mol. The zero-order valence-corrected chi connectivity index (χ0v) is 18.6. The van der Waals surface area contributed by atoms with Gasteiger partial charge < -0.3 is 19.2 Å². The number of aromatic nitrogens is 2. The number of methoxy groups -OCH3 is 1. The first-order valence-electron chi connectivity index (χ1n) is 10.6. The molecule has 0 radical (unpaired) electrons. The average molecular weight is 430 g/mol. The molecule has 0 aliphatic carbocycles. The van der Waals surface area contributed by atoms with Crippen molar-refractivity contribution in [3.05, 3.63) is 94.9 Å². The number of aryl methyl sites for hydroxylation is 2. The van der Waals surface area contributed by atoms with E-state index in [9.17, 15) is 4.79 Å². The van der Waals surface area contributed by atoms with E-state index in [1.54, 1.807) is 19.2 Å². The lowest BCUT2D eigenvalue weighted by atomic mass is 10.1. The van der Waals surface area contributed by atoms with Crippen LogP contribution in [0.15, 0.2) is 67.0 Å². The number of nitrogens with one attached hydrogen (secondary N) is 1. The van der Waals surface area contributed by atoms with Crippen LogP contribution in [0, 0.1) is 13.8 Å². The fourth-order valence-corrected chi connectivity index (χ4v) is 3.67. The molecule has 0 spiro atoms. The summed E-state index contributed by atoms with van der Waals surface area (Å²) in [7, 11) is 1.66. The van der Waals surface area contributed by atoms with Crippen molar-refractivity contribution >= 4 is 11.6 Å². The van der Waals surface area contributed by atoms with Crippen molar-refractivity contribution in [2.75, 3.05) is 13.7 Å². The monoisotopic (exact) mass is 429 g/mol. The summed E-state index contributed by atoms with van der Waals surface area (Å²) in [5, 5.41) is 2.98. The highest BCUT2D eigenvalue weighted by molar-refractivity contribution is 5.94. The van der Waals surface area contributed by atoms with Crippen molar-refractivity contribution < 1.29 is 14.3 Å². The number of benzene rings is 2. The number of amides is 1. The van der Waals surface area contributed by atoms with Gasteiger partial charge in [0.15, 0.2) is 0 Å². The van der Waals surface area contributed by atoms with Crippen LogP contribution in [0.5, 0.6) is 11.5 Å². The summed E-state index contributed by atoms with van der Waals surface area (Å²) in [6.45, 7) is 4.92. The zero-order valence-electron chi connectivity index (χ0n) is 18.6. The third kappa shape index (κ3) is 4.91. The lowest BCUT2D eigenvalue weighted by Crippen LogP contribution is -2.25. The number of carbonyl (C=O) groups excluding carboxylic acids is 1. The highest BCUT2D eigenvalue weighted by atomic mass is 16.5. The smallest absolute Gasteiger partial charge is 0.251 e. The Bertz CT molecular complexity index is 1250. The maximum absolute atomic E-state index is 12.6. The lowest BCUT2D eigenvalue weighted by Gasteiger charge is -2.11. The number of hydrogen-bond acceptors (Lipinski definition) is 4. The quantitative estimate of drug-likeness (QED) is 0.448. The van der Waals surface area contributed by atoms with Crippen molar-refractivity contribution in [3.8, 4) is 11.5 Å². The van der Waals surface area contributed by atoms with Gasteiger partial charge in [0.25, 0.3) is 5.91 Å². The minimum absolute atomic E-state index is 0.134. The summed E-state index contributed by atoms with van der Waals surface area (Å²) < 4.78 is 13.3. The summed E-state index contributed by atoms with van der Waals surface area (Å²) >= 11 is 0. The Labute approximate surface area is 187 Å². The van der Waals surface area contributed by atoms with Gasteiger partial charge in [-0.15, -0.1) is 0 Å². The number of fused-ring (bicyclic) bond motifs is 1. The van der Waals surface area contributed by atoms with Crippen LogP contribution in [0.3, 0.4) is 0 Å². The second kappa shape index (κ2) is 9.56. The van der Waals surface area contributed by atoms with Crippen LogP contribution >= 0.6 is 0 Å². The molecule has 0 atom stereocenters. The highest BCUT2D eigenvalue weighted by Crippen LogP contribution is 2.20. The van der Waals surface area contributed by atoms with Gasteiger partial charge in [-0.3, -0.25) is 4.79 Å². The summed E-state index contributed by atoms with van der Waals surface area (Å²) in [5.74, 6) is 1.33. The maximum Gasteiger partial charge on any atom is 0.251 e. The van der Waals surface area contributed by atoms with Gasteiger partial charge in [-0.2, -0.15) is 0 Å². The standard InChI is InChI=1S/C26H27N3O3/c1-18-9-10-24(31-3)20(14-18)11-12-27-26(30)21-7-4-8-23(15-21)32-17-22-16-29-13-5-6-19(2)25(29)28-22/h4-10,13-16H,11-12,17H2,1-3H3,(H,27,30). The van der Waals surface area contributed by atoms with Gasteiger partial charge in [0.05, 0.1) is 12.8 Å². The van der Waals surface area contributed by atoms with Crippen LogP contribution in [-0.4, -0.2) is 28.9 Å². The molecule has 4 rings (SSSR count). The fourth-order valence-electron chi connectivity index (χ4n) is 3.67. The predicted octanol–water partition coefficient (Wildman–Crippen LogP) is 4.51. The molecule has 1 N–H and O–H groups in total. The van der Waals surface area contributed by atoms with Crippen LogP contribution in [0.4, 0.5) is 0 Å². The van der Waals surface area contributed by atoms with Crippen LogP contribution in [0.2, 0.25) is 0 Å². The van der Waals surface area contributed by atoms with Crippen molar-refractivity contribution in [1.82, 2.24) is 14.7 Å². The fraction of sp³-hybridized carbons (Fsp3) is 0.231. The van der Waals surface area contributed by atoms with Crippen LogP contribution < -0.4 is 14.8 Å². The van der Waals surface area contributed by atoms with Gasteiger partial charge in [-0.05, 0) is 61.7 Å². The summed E-state index contributed by atoms with van der Waals surface area (Å²) in [6.07, 6.45) is 4.62. The Morgan fingerprint density at radius 1 is 1.09 bits per heavy atom. The van der Waals surface area contributed by atoms with E-state index in [1.165, 1.54) is 0 Å². The average Bonchev–Trinajstić information content (AvgIpc) is 3.23. The first-order chi connectivity index (χ1) is 15.5. The van der Waals surface area contributed by atoms with Gasteiger partial charge in [-0.25, -0.2) is 4.98 Å². The zero-order chi connectivity index (χ0) is 22.5. The molecule has 0 saturated heterocycles. The summed E-state index contributed by atoms with van der Waals surface area (Å²) in [4.78, 5) is 17.2. The molecule has 1 amide bonds. The Morgan fingerprint density at radius 3 is 2.78 bits per heavy atom. The number of imidazole rings is 1. The molecule has 32 heavy (non-hydrogen) atoms. The first-order valence-corrected chi connectivity index (χ1v) is 10.6. The Morgan fingerprint density at radius 2 is 1.97 bits per heavy atom. The van der Waals surface area contributed by atoms with E-state index in [4.69, 9.17) is 9.47 Å². The van der Waals surface area contributed by atoms with Crippen LogP contribution in [0.1, 0.15) is 32.7 Å². The molecule has 0 aliphatic rings. The Hall–Kier alpha value is -3.80. The van der Waals surface area contributed by atoms with E-state index < -0.39 is 0 Å². The van der Waals surface area contributed by atoms with E-state index in [1.807, 2.05) is 67.0 Å². The minimum atomic E-state index is -0.134. The third-order valence-corrected chi connectivity index (χ3v) is 5.33. The van der Waals surface area contributed by atoms with E-state index in [2.05, 4.69) is 16.4 Å². The third-order valence-electron chi connectivity index (χ3n) is 5.33. The van der Waals surface area contributed by atoms with Gasteiger partial charge in [-0.1, -0.05) is 29.8 Å². The van der Waals surface area contributed by atoms with Crippen LogP contribution in [-0.2, 0) is 13.0 Å². The SMILES string of the molecule is COc1ccc(C)cc1CCNC(=O)c1cccc(OCc2cn3cccc(C)c3n2)c1. The topological polar surface area (TPSA) is 64.9 Å². The van der Waals surface area contributed by atoms with Gasteiger partial charge in [0.1, 0.15) is 23.8 Å². The number of carbonyl (C=O) groups is 1. The Balaban J connectivity index is 1.35. The molecule has 0 aliphatic heterocycles.